The monoisotopic (exact) mass is 369 g/mol. The predicted octanol–water partition coefficient (Wildman–Crippen LogP) is 4.38. The van der Waals surface area contributed by atoms with Crippen LogP contribution >= 0.6 is 27.3 Å². The van der Waals surface area contributed by atoms with Crippen molar-refractivity contribution in [1.29, 1.82) is 0 Å². The number of benzene rings is 1. The highest BCUT2D eigenvalue weighted by molar-refractivity contribution is 9.10. The molecule has 2 aromatic rings. The third kappa shape index (κ3) is 4.46. The van der Waals surface area contributed by atoms with Crippen LogP contribution in [-0.4, -0.2) is 12.6 Å². The molecule has 5 heteroatoms. The van der Waals surface area contributed by atoms with Crippen LogP contribution < -0.4 is 15.2 Å². The molecule has 0 saturated heterocycles. The molecular formula is C16H20BrNO2S. The van der Waals surface area contributed by atoms with Gasteiger partial charge >= 0.3 is 0 Å². The molecule has 2 N–H and O–H groups in total. The Kier molecular flexibility index (Phi) is 6.08. The van der Waals surface area contributed by atoms with Crippen molar-refractivity contribution in [2.75, 3.05) is 6.61 Å². The second-order valence-electron chi connectivity index (χ2n) is 4.84. The number of para-hydroxylation sites is 1. The van der Waals surface area contributed by atoms with Crippen LogP contribution in [0.1, 0.15) is 24.3 Å². The minimum Gasteiger partial charge on any atom is -0.490 e. The molecule has 1 aromatic heterocycles. The van der Waals surface area contributed by atoms with Crippen molar-refractivity contribution in [2.45, 2.75) is 32.9 Å². The van der Waals surface area contributed by atoms with Crippen LogP contribution in [0, 0.1) is 0 Å². The van der Waals surface area contributed by atoms with E-state index in [-0.39, 0.29) is 6.04 Å². The van der Waals surface area contributed by atoms with Crippen LogP contribution in [-0.2, 0) is 13.0 Å². The van der Waals surface area contributed by atoms with Gasteiger partial charge in [-0.3, -0.25) is 0 Å². The normalized spacial score (nSPS) is 12.2. The highest BCUT2D eigenvalue weighted by Crippen LogP contribution is 2.34. The first-order chi connectivity index (χ1) is 10.1. The predicted molar refractivity (Wildman–Crippen MR) is 91.3 cm³/mol. The fourth-order valence-corrected chi connectivity index (χ4v) is 3.45. The summed E-state index contributed by atoms with van der Waals surface area (Å²) in [5.41, 5.74) is 7.02. The second-order valence-corrected chi connectivity index (χ2v) is 6.69. The zero-order chi connectivity index (χ0) is 15.2. The molecule has 0 amide bonds. The van der Waals surface area contributed by atoms with Gasteiger partial charge in [0.05, 0.1) is 11.5 Å². The van der Waals surface area contributed by atoms with Gasteiger partial charge in [-0.15, -0.1) is 11.3 Å². The first-order valence-electron chi connectivity index (χ1n) is 6.96. The van der Waals surface area contributed by atoms with Crippen LogP contribution in [0.15, 0.2) is 34.1 Å². The van der Waals surface area contributed by atoms with Gasteiger partial charge in [0.15, 0.2) is 11.5 Å². The molecule has 1 atom stereocenters. The Morgan fingerprint density at radius 3 is 2.71 bits per heavy atom. The lowest BCUT2D eigenvalue weighted by Gasteiger charge is -2.17. The number of halogens is 1. The van der Waals surface area contributed by atoms with Gasteiger partial charge < -0.3 is 15.2 Å². The molecule has 0 saturated carbocycles. The van der Waals surface area contributed by atoms with Crippen LogP contribution in [0.5, 0.6) is 11.5 Å². The highest BCUT2D eigenvalue weighted by atomic mass is 79.9. The maximum absolute atomic E-state index is 6.05. The topological polar surface area (TPSA) is 44.5 Å². The zero-order valence-electron chi connectivity index (χ0n) is 12.3. The third-order valence-corrected chi connectivity index (χ3v) is 4.84. The van der Waals surface area contributed by atoms with E-state index in [0.717, 1.165) is 32.8 Å². The van der Waals surface area contributed by atoms with Crippen molar-refractivity contribution >= 4 is 27.3 Å². The van der Waals surface area contributed by atoms with Gasteiger partial charge in [-0.1, -0.05) is 12.1 Å². The number of thiophene rings is 1. The smallest absolute Gasteiger partial charge is 0.164 e. The second kappa shape index (κ2) is 7.82. The van der Waals surface area contributed by atoms with Gasteiger partial charge in [0.2, 0.25) is 0 Å². The quantitative estimate of drug-likeness (QED) is 0.787. The van der Waals surface area contributed by atoms with Crippen molar-refractivity contribution in [3.8, 4) is 11.5 Å². The van der Waals surface area contributed by atoms with Crippen molar-refractivity contribution in [3.63, 3.8) is 0 Å². The van der Waals surface area contributed by atoms with Gasteiger partial charge in [0.25, 0.3) is 0 Å². The zero-order valence-corrected chi connectivity index (χ0v) is 14.7. The Labute approximate surface area is 138 Å². The standard InChI is InChI=1S/C16H20BrNO2S/c1-3-19-14-6-4-5-12(9-11(2)18)16(14)20-10-15-13(17)7-8-21-15/h4-8,11H,3,9-10,18H2,1-2H3. The van der Waals surface area contributed by atoms with E-state index in [1.165, 1.54) is 0 Å². The molecule has 21 heavy (non-hydrogen) atoms. The summed E-state index contributed by atoms with van der Waals surface area (Å²) < 4.78 is 12.8. The lowest BCUT2D eigenvalue weighted by atomic mass is 10.1. The Hall–Kier alpha value is -1.04. The Morgan fingerprint density at radius 1 is 1.29 bits per heavy atom. The van der Waals surface area contributed by atoms with Crippen molar-refractivity contribution in [2.24, 2.45) is 5.73 Å². The van der Waals surface area contributed by atoms with E-state index in [9.17, 15) is 0 Å². The molecule has 1 unspecified atom stereocenters. The number of rotatable bonds is 7. The first-order valence-corrected chi connectivity index (χ1v) is 8.64. The van der Waals surface area contributed by atoms with E-state index in [2.05, 4.69) is 15.9 Å². The molecule has 2 rings (SSSR count). The summed E-state index contributed by atoms with van der Waals surface area (Å²) >= 11 is 5.20. The average molecular weight is 370 g/mol. The highest BCUT2D eigenvalue weighted by Gasteiger charge is 2.13. The van der Waals surface area contributed by atoms with E-state index in [1.54, 1.807) is 11.3 Å². The molecule has 0 radical (unpaired) electrons. The molecule has 1 aromatic carbocycles. The van der Waals surface area contributed by atoms with Gasteiger partial charge in [-0.25, -0.2) is 0 Å². The van der Waals surface area contributed by atoms with Crippen LogP contribution in [0.25, 0.3) is 0 Å². The lowest BCUT2D eigenvalue weighted by molar-refractivity contribution is 0.268. The van der Waals surface area contributed by atoms with E-state index in [4.69, 9.17) is 15.2 Å². The summed E-state index contributed by atoms with van der Waals surface area (Å²) in [5, 5.41) is 2.04. The molecule has 0 aliphatic carbocycles. The van der Waals surface area contributed by atoms with Crippen molar-refractivity contribution in [3.05, 3.63) is 44.6 Å². The van der Waals surface area contributed by atoms with Gasteiger partial charge in [0, 0.05) is 10.5 Å². The maximum atomic E-state index is 6.05. The van der Waals surface area contributed by atoms with Gasteiger partial charge in [-0.05, 0) is 59.3 Å². The fourth-order valence-electron chi connectivity index (χ4n) is 2.07. The SMILES string of the molecule is CCOc1cccc(CC(C)N)c1OCc1sccc1Br. The van der Waals surface area contributed by atoms with E-state index in [1.807, 2.05) is 43.5 Å². The van der Waals surface area contributed by atoms with Gasteiger partial charge in [0.1, 0.15) is 6.61 Å². The minimum atomic E-state index is 0.0812. The molecule has 0 aliphatic rings. The van der Waals surface area contributed by atoms with Crippen LogP contribution in [0.4, 0.5) is 0 Å². The molecule has 114 valence electrons. The molecule has 3 nitrogen and oxygen atoms in total. The summed E-state index contributed by atoms with van der Waals surface area (Å²) in [7, 11) is 0. The number of ether oxygens (including phenoxy) is 2. The first kappa shape index (κ1) is 16.3. The fraction of sp³-hybridized carbons (Fsp3) is 0.375. The summed E-state index contributed by atoms with van der Waals surface area (Å²) in [6.07, 6.45) is 0.766. The van der Waals surface area contributed by atoms with Crippen molar-refractivity contribution in [1.82, 2.24) is 0 Å². The number of nitrogens with two attached hydrogens (primary N) is 1. The lowest BCUT2D eigenvalue weighted by Crippen LogP contribution is -2.18. The van der Waals surface area contributed by atoms with Crippen molar-refractivity contribution < 1.29 is 9.47 Å². The van der Waals surface area contributed by atoms with Gasteiger partial charge in [-0.2, -0.15) is 0 Å². The maximum Gasteiger partial charge on any atom is 0.164 e. The number of hydrogen-bond donors (Lipinski definition) is 1. The average Bonchev–Trinajstić information content (AvgIpc) is 2.83. The Bertz CT molecular complexity index is 583. The summed E-state index contributed by atoms with van der Waals surface area (Å²) in [6, 6.07) is 8.08. The molecule has 1 heterocycles. The molecule has 0 spiro atoms. The van der Waals surface area contributed by atoms with Crippen LogP contribution in [0.2, 0.25) is 0 Å². The Morgan fingerprint density at radius 2 is 2.10 bits per heavy atom. The molecule has 0 fully saturated rings. The van der Waals surface area contributed by atoms with E-state index in [0.29, 0.717) is 13.2 Å². The molecular weight excluding hydrogens is 350 g/mol. The van der Waals surface area contributed by atoms with E-state index < -0.39 is 0 Å². The third-order valence-electron chi connectivity index (χ3n) is 2.94. The Balaban J connectivity index is 2.23. The van der Waals surface area contributed by atoms with Crippen LogP contribution in [0.3, 0.4) is 0 Å². The largest absolute Gasteiger partial charge is 0.490 e. The number of hydrogen-bond acceptors (Lipinski definition) is 4. The molecule has 0 bridgehead atoms. The summed E-state index contributed by atoms with van der Waals surface area (Å²) in [5.74, 6) is 1.58. The van der Waals surface area contributed by atoms with E-state index >= 15 is 0 Å². The summed E-state index contributed by atoms with van der Waals surface area (Å²) in [4.78, 5) is 1.16. The minimum absolute atomic E-state index is 0.0812. The molecule has 0 aliphatic heterocycles. The summed E-state index contributed by atoms with van der Waals surface area (Å²) in [6.45, 7) is 5.10.